The first kappa shape index (κ1) is 13.2. The van der Waals surface area contributed by atoms with Gasteiger partial charge in [0.25, 0.3) is 0 Å². The van der Waals surface area contributed by atoms with Gasteiger partial charge in [-0.1, -0.05) is 0 Å². The van der Waals surface area contributed by atoms with E-state index in [0.29, 0.717) is 11.3 Å². The highest BCUT2D eigenvalue weighted by atomic mass is 16.2. The summed E-state index contributed by atoms with van der Waals surface area (Å²) in [5, 5.41) is 12.0. The van der Waals surface area contributed by atoms with Gasteiger partial charge in [0.2, 0.25) is 5.91 Å². The Hall–Kier alpha value is -2.22. The van der Waals surface area contributed by atoms with E-state index in [1.165, 1.54) is 0 Å². The number of carbonyl (C=O) groups is 1. The summed E-state index contributed by atoms with van der Waals surface area (Å²) >= 11 is 0. The number of hydrogen-bond acceptors (Lipinski definition) is 4. The Morgan fingerprint density at radius 3 is 2.79 bits per heavy atom. The molecule has 0 radical (unpaired) electrons. The first-order chi connectivity index (χ1) is 9.11. The van der Waals surface area contributed by atoms with E-state index in [-0.39, 0.29) is 11.9 Å². The zero-order valence-corrected chi connectivity index (χ0v) is 11.0. The minimum atomic E-state index is -0.298. The summed E-state index contributed by atoms with van der Waals surface area (Å²) in [5.41, 5.74) is 7.28. The van der Waals surface area contributed by atoms with Crippen LogP contribution in [0, 0.1) is 11.3 Å². The van der Waals surface area contributed by atoms with Gasteiger partial charge < -0.3 is 16.0 Å². The monoisotopic (exact) mass is 258 g/mol. The van der Waals surface area contributed by atoms with Gasteiger partial charge >= 0.3 is 0 Å². The number of nitrogens with two attached hydrogens (primary N) is 1. The summed E-state index contributed by atoms with van der Waals surface area (Å²) in [6, 6.07) is 6.86. The topological polar surface area (TPSA) is 82.1 Å². The van der Waals surface area contributed by atoms with Crippen LogP contribution in [0.25, 0.3) is 0 Å². The fourth-order valence-electron chi connectivity index (χ4n) is 2.27. The molecule has 0 aromatic heterocycles. The van der Waals surface area contributed by atoms with Crippen molar-refractivity contribution in [2.75, 3.05) is 24.1 Å². The van der Waals surface area contributed by atoms with Gasteiger partial charge in [-0.3, -0.25) is 4.79 Å². The molecule has 2 rings (SSSR count). The van der Waals surface area contributed by atoms with E-state index in [1.54, 1.807) is 18.2 Å². The van der Waals surface area contributed by atoms with Gasteiger partial charge in [0, 0.05) is 24.5 Å². The molecule has 1 aliphatic rings. The third kappa shape index (κ3) is 2.97. The molecule has 0 spiro atoms. The van der Waals surface area contributed by atoms with E-state index in [0.717, 1.165) is 31.6 Å². The van der Waals surface area contributed by atoms with E-state index in [1.807, 2.05) is 17.9 Å². The number of likely N-dealkylation sites (tertiary alicyclic amines) is 1. The number of rotatable bonds is 3. The van der Waals surface area contributed by atoms with E-state index in [2.05, 4.69) is 5.32 Å². The van der Waals surface area contributed by atoms with Crippen LogP contribution in [-0.4, -0.2) is 29.9 Å². The lowest BCUT2D eigenvalue weighted by atomic mass is 10.1. The number of amides is 1. The van der Waals surface area contributed by atoms with Crippen molar-refractivity contribution in [2.45, 2.75) is 25.8 Å². The molecule has 0 aliphatic carbocycles. The van der Waals surface area contributed by atoms with Gasteiger partial charge in [-0.25, -0.2) is 0 Å². The summed E-state index contributed by atoms with van der Waals surface area (Å²) < 4.78 is 0. The summed E-state index contributed by atoms with van der Waals surface area (Å²) in [5.74, 6) is 0.104. The van der Waals surface area contributed by atoms with Crippen LogP contribution in [0.4, 0.5) is 11.4 Å². The van der Waals surface area contributed by atoms with Crippen LogP contribution in [-0.2, 0) is 4.79 Å². The Kier molecular flexibility index (Phi) is 3.91. The maximum absolute atomic E-state index is 12.1. The van der Waals surface area contributed by atoms with Crippen molar-refractivity contribution in [2.24, 2.45) is 0 Å². The second-order valence-corrected chi connectivity index (χ2v) is 4.81. The van der Waals surface area contributed by atoms with Crippen LogP contribution in [0.5, 0.6) is 0 Å². The number of hydrogen-bond donors (Lipinski definition) is 2. The number of carbonyl (C=O) groups excluding carboxylic acids is 1. The highest BCUT2D eigenvalue weighted by Gasteiger charge is 2.23. The molecule has 3 N–H and O–H groups in total. The van der Waals surface area contributed by atoms with E-state index in [9.17, 15) is 4.79 Å². The fourth-order valence-corrected chi connectivity index (χ4v) is 2.27. The molecular weight excluding hydrogens is 240 g/mol. The first-order valence-electron chi connectivity index (χ1n) is 6.47. The van der Waals surface area contributed by atoms with Crippen LogP contribution in [0.15, 0.2) is 18.2 Å². The lowest BCUT2D eigenvalue weighted by Gasteiger charge is -2.22. The predicted molar refractivity (Wildman–Crippen MR) is 74.5 cm³/mol. The van der Waals surface area contributed by atoms with Crippen molar-refractivity contribution in [1.82, 2.24) is 4.90 Å². The van der Waals surface area contributed by atoms with Crippen LogP contribution in [0.1, 0.15) is 25.3 Å². The van der Waals surface area contributed by atoms with Crippen molar-refractivity contribution >= 4 is 17.3 Å². The van der Waals surface area contributed by atoms with Crippen molar-refractivity contribution in [3.05, 3.63) is 23.8 Å². The Balaban J connectivity index is 2.04. The van der Waals surface area contributed by atoms with Gasteiger partial charge in [0.1, 0.15) is 12.1 Å². The van der Waals surface area contributed by atoms with Crippen molar-refractivity contribution in [1.29, 1.82) is 5.26 Å². The Morgan fingerprint density at radius 1 is 1.47 bits per heavy atom. The number of benzene rings is 1. The zero-order chi connectivity index (χ0) is 13.8. The maximum Gasteiger partial charge on any atom is 0.244 e. The minimum Gasteiger partial charge on any atom is -0.398 e. The average Bonchev–Trinajstić information content (AvgIpc) is 2.94. The van der Waals surface area contributed by atoms with Crippen LogP contribution in [0.3, 0.4) is 0 Å². The van der Waals surface area contributed by atoms with Gasteiger partial charge in [0.15, 0.2) is 0 Å². The fraction of sp³-hybridized carbons (Fsp3) is 0.429. The number of nitriles is 1. The Labute approximate surface area is 113 Å². The van der Waals surface area contributed by atoms with E-state index >= 15 is 0 Å². The second kappa shape index (κ2) is 5.61. The summed E-state index contributed by atoms with van der Waals surface area (Å²) in [6.07, 6.45) is 2.16. The molecule has 1 unspecified atom stereocenters. The molecule has 1 heterocycles. The largest absolute Gasteiger partial charge is 0.398 e. The minimum absolute atomic E-state index is 0.104. The third-order valence-corrected chi connectivity index (χ3v) is 3.35. The number of anilines is 2. The third-order valence-electron chi connectivity index (χ3n) is 3.35. The highest BCUT2D eigenvalue weighted by molar-refractivity contribution is 5.84. The Bertz CT molecular complexity index is 515. The molecule has 1 fully saturated rings. The summed E-state index contributed by atoms with van der Waals surface area (Å²) in [7, 11) is 0. The molecule has 1 aromatic rings. The molecule has 0 saturated carbocycles. The second-order valence-electron chi connectivity index (χ2n) is 4.81. The van der Waals surface area contributed by atoms with E-state index < -0.39 is 0 Å². The van der Waals surface area contributed by atoms with Crippen LogP contribution in [0.2, 0.25) is 0 Å². The number of nitrogens with one attached hydrogen (secondary N) is 1. The lowest BCUT2D eigenvalue weighted by molar-refractivity contribution is -0.130. The molecule has 1 amide bonds. The predicted octanol–water partition coefficient (Wildman–Crippen LogP) is 1.56. The van der Waals surface area contributed by atoms with Crippen molar-refractivity contribution in [3.63, 3.8) is 0 Å². The first-order valence-corrected chi connectivity index (χ1v) is 6.47. The van der Waals surface area contributed by atoms with Crippen LogP contribution >= 0.6 is 0 Å². The van der Waals surface area contributed by atoms with Crippen molar-refractivity contribution in [3.8, 4) is 6.07 Å². The quantitative estimate of drug-likeness (QED) is 0.806. The molecule has 1 aromatic carbocycles. The maximum atomic E-state index is 12.1. The summed E-state index contributed by atoms with van der Waals surface area (Å²) in [4.78, 5) is 14.0. The zero-order valence-electron chi connectivity index (χ0n) is 11.0. The van der Waals surface area contributed by atoms with Gasteiger partial charge in [-0.05, 0) is 38.0 Å². The van der Waals surface area contributed by atoms with Gasteiger partial charge in [-0.2, -0.15) is 5.26 Å². The van der Waals surface area contributed by atoms with E-state index in [4.69, 9.17) is 11.0 Å². The Morgan fingerprint density at radius 2 is 2.16 bits per heavy atom. The number of nitrogen functional groups attached to an aromatic ring is 1. The van der Waals surface area contributed by atoms with Gasteiger partial charge in [-0.15, -0.1) is 0 Å². The number of nitrogens with zero attached hydrogens (tertiary/aromatic N) is 2. The molecule has 1 saturated heterocycles. The van der Waals surface area contributed by atoms with Crippen molar-refractivity contribution < 1.29 is 4.79 Å². The van der Waals surface area contributed by atoms with Crippen LogP contribution < -0.4 is 11.1 Å². The molecule has 1 aliphatic heterocycles. The molecule has 19 heavy (non-hydrogen) atoms. The smallest absolute Gasteiger partial charge is 0.244 e. The highest BCUT2D eigenvalue weighted by Crippen LogP contribution is 2.18. The van der Waals surface area contributed by atoms with Gasteiger partial charge in [0.05, 0.1) is 5.56 Å². The molecule has 5 nitrogen and oxygen atoms in total. The molecule has 5 heteroatoms. The SMILES string of the molecule is CC(Nc1ccc(N)c(C#N)c1)C(=O)N1CCCC1. The average molecular weight is 258 g/mol. The molecule has 1 atom stereocenters. The molecule has 0 bridgehead atoms. The normalized spacial score (nSPS) is 15.9. The standard InChI is InChI=1S/C14H18N4O/c1-10(14(19)18-6-2-3-7-18)17-12-4-5-13(16)11(8-12)9-15/h4-5,8,10,17H,2-3,6-7,16H2,1H3. The molecular formula is C14H18N4O. The molecule has 100 valence electrons. The lowest BCUT2D eigenvalue weighted by Crippen LogP contribution is -2.39. The summed E-state index contributed by atoms with van der Waals surface area (Å²) in [6.45, 7) is 3.52.